The standard InChI is InChI=1S/C11H20O4/c1-3-5-7-14-8-6-9-15-11(13)10(12)4-2/h3-9H2,1-2H3. The van der Waals surface area contributed by atoms with Crippen LogP contribution in [0.5, 0.6) is 0 Å². The molecule has 4 heteroatoms. The van der Waals surface area contributed by atoms with E-state index in [9.17, 15) is 9.59 Å². The van der Waals surface area contributed by atoms with E-state index in [2.05, 4.69) is 6.92 Å². The van der Waals surface area contributed by atoms with Crippen molar-refractivity contribution >= 4 is 11.8 Å². The largest absolute Gasteiger partial charge is 0.460 e. The summed E-state index contributed by atoms with van der Waals surface area (Å²) in [4.78, 5) is 21.7. The van der Waals surface area contributed by atoms with Gasteiger partial charge in [0.15, 0.2) is 0 Å². The summed E-state index contributed by atoms with van der Waals surface area (Å²) in [6, 6.07) is 0. The minimum Gasteiger partial charge on any atom is -0.460 e. The Morgan fingerprint density at radius 1 is 1.00 bits per heavy atom. The summed E-state index contributed by atoms with van der Waals surface area (Å²) in [5.41, 5.74) is 0. The number of Topliss-reactive ketones (excluding diaryl/α,β-unsaturated/α-hetero) is 1. The quantitative estimate of drug-likeness (QED) is 0.334. The van der Waals surface area contributed by atoms with Gasteiger partial charge in [0.1, 0.15) is 0 Å². The first-order valence-electron chi connectivity index (χ1n) is 5.50. The molecule has 4 nitrogen and oxygen atoms in total. The Bertz CT molecular complexity index is 189. The molecule has 0 aliphatic carbocycles. The maximum Gasteiger partial charge on any atom is 0.374 e. The van der Waals surface area contributed by atoms with Gasteiger partial charge in [-0.2, -0.15) is 0 Å². The lowest BCUT2D eigenvalue weighted by atomic mass is 10.3. The molecule has 0 aliphatic heterocycles. The molecule has 0 aromatic carbocycles. The predicted molar refractivity (Wildman–Crippen MR) is 56.6 cm³/mol. The zero-order chi connectivity index (χ0) is 11.5. The van der Waals surface area contributed by atoms with Gasteiger partial charge in [-0.05, 0) is 6.42 Å². The Balaban J connectivity index is 3.24. The molecule has 0 N–H and O–H groups in total. The number of rotatable bonds is 9. The molecule has 0 bridgehead atoms. The van der Waals surface area contributed by atoms with Crippen molar-refractivity contribution < 1.29 is 19.1 Å². The van der Waals surface area contributed by atoms with Crippen LogP contribution in [0.4, 0.5) is 0 Å². The molecule has 0 aliphatic rings. The van der Waals surface area contributed by atoms with Gasteiger partial charge in [0.05, 0.1) is 6.61 Å². The molecule has 0 spiro atoms. The van der Waals surface area contributed by atoms with Crippen LogP contribution < -0.4 is 0 Å². The molecule has 0 unspecified atom stereocenters. The van der Waals surface area contributed by atoms with Crippen LogP contribution >= 0.6 is 0 Å². The molecule has 0 aromatic heterocycles. The van der Waals surface area contributed by atoms with E-state index in [1.807, 2.05) is 0 Å². The van der Waals surface area contributed by atoms with Gasteiger partial charge >= 0.3 is 5.97 Å². The smallest absolute Gasteiger partial charge is 0.374 e. The van der Waals surface area contributed by atoms with Gasteiger partial charge in [-0.15, -0.1) is 0 Å². The van der Waals surface area contributed by atoms with Gasteiger partial charge in [0, 0.05) is 26.1 Å². The zero-order valence-corrected chi connectivity index (χ0v) is 9.58. The Morgan fingerprint density at radius 3 is 2.27 bits per heavy atom. The van der Waals surface area contributed by atoms with E-state index in [-0.39, 0.29) is 13.0 Å². The molecule has 0 saturated heterocycles. The first-order valence-corrected chi connectivity index (χ1v) is 5.50. The third kappa shape index (κ3) is 8.12. The normalized spacial score (nSPS) is 10.0. The Hall–Kier alpha value is -0.900. The second kappa shape index (κ2) is 9.65. The first kappa shape index (κ1) is 14.1. The third-order valence-electron chi connectivity index (χ3n) is 1.86. The molecule has 0 fully saturated rings. The number of hydrogen-bond donors (Lipinski definition) is 0. The van der Waals surface area contributed by atoms with Crippen molar-refractivity contribution in [3.63, 3.8) is 0 Å². The fourth-order valence-corrected chi connectivity index (χ4v) is 0.899. The van der Waals surface area contributed by atoms with Crippen LogP contribution in [0.15, 0.2) is 0 Å². The minimum absolute atomic E-state index is 0.200. The summed E-state index contributed by atoms with van der Waals surface area (Å²) in [6.07, 6.45) is 3.01. The van der Waals surface area contributed by atoms with Gasteiger partial charge in [-0.1, -0.05) is 20.3 Å². The van der Waals surface area contributed by atoms with Crippen molar-refractivity contribution in [2.45, 2.75) is 39.5 Å². The number of ether oxygens (including phenoxy) is 2. The molecule has 0 rings (SSSR count). The fourth-order valence-electron chi connectivity index (χ4n) is 0.899. The van der Waals surface area contributed by atoms with Crippen LogP contribution in [0.3, 0.4) is 0 Å². The van der Waals surface area contributed by atoms with Gasteiger partial charge < -0.3 is 9.47 Å². The zero-order valence-electron chi connectivity index (χ0n) is 9.58. The van der Waals surface area contributed by atoms with E-state index in [4.69, 9.17) is 9.47 Å². The van der Waals surface area contributed by atoms with Gasteiger partial charge in [-0.3, -0.25) is 4.79 Å². The highest BCUT2D eigenvalue weighted by atomic mass is 16.5. The molecule has 15 heavy (non-hydrogen) atoms. The fraction of sp³-hybridized carbons (Fsp3) is 0.818. The Kier molecular flexibility index (Phi) is 9.07. The highest BCUT2D eigenvalue weighted by molar-refractivity contribution is 6.33. The first-order chi connectivity index (χ1) is 7.22. The minimum atomic E-state index is -0.731. The van der Waals surface area contributed by atoms with Crippen LogP contribution in [0.1, 0.15) is 39.5 Å². The lowest BCUT2D eigenvalue weighted by Gasteiger charge is -2.04. The molecular weight excluding hydrogens is 196 g/mol. The summed E-state index contributed by atoms with van der Waals surface area (Å²) >= 11 is 0. The average Bonchev–Trinajstić information content (AvgIpc) is 2.26. The molecule has 0 saturated carbocycles. The average molecular weight is 216 g/mol. The second-order valence-corrected chi connectivity index (χ2v) is 3.23. The monoisotopic (exact) mass is 216 g/mol. The number of ketones is 1. The SMILES string of the molecule is CCCCOCCCOC(=O)C(=O)CC. The summed E-state index contributed by atoms with van der Waals surface area (Å²) < 4.78 is 10.00. The predicted octanol–water partition coefficient (Wildman–Crippen LogP) is 1.72. The third-order valence-corrected chi connectivity index (χ3v) is 1.86. The Morgan fingerprint density at radius 2 is 1.67 bits per heavy atom. The van der Waals surface area contributed by atoms with Gasteiger partial charge in [0.25, 0.3) is 0 Å². The maximum atomic E-state index is 10.9. The number of unbranched alkanes of at least 4 members (excludes halogenated alkanes) is 1. The van der Waals surface area contributed by atoms with Crippen LogP contribution in [-0.2, 0) is 19.1 Å². The van der Waals surface area contributed by atoms with Crippen molar-refractivity contribution in [2.24, 2.45) is 0 Å². The number of carbonyl (C=O) groups is 2. The van der Waals surface area contributed by atoms with E-state index in [1.165, 1.54) is 0 Å². The van der Waals surface area contributed by atoms with Crippen LogP contribution in [-0.4, -0.2) is 31.6 Å². The van der Waals surface area contributed by atoms with Gasteiger partial charge in [0.2, 0.25) is 5.78 Å². The number of carbonyl (C=O) groups excluding carboxylic acids is 2. The topological polar surface area (TPSA) is 52.6 Å². The number of hydrogen-bond acceptors (Lipinski definition) is 4. The van der Waals surface area contributed by atoms with E-state index < -0.39 is 11.8 Å². The molecular formula is C11H20O4. The maximum absolute atomic E-state index is 10.9. The van der Waals surface area contributed by atoms with E-state index in [0.717, 1.165) is 19.4 Å². The van der Waals surface area contributed by atoms with Crippen LogP contribution in [0.25, 0.3) is 0 Å². The number of esters is 1. The van der Waals surface area contributed by atoms with Crippen molar-refractivity contribution in [1.29, 1.82) is 0 Å². The van der Waals surface area contributed by atoms with Crippen LogP contribution in [0.2, 0.25) is 0 Å². The van der Waals surface area contributed by atoms with Crippen molar-refractivity contribution in [1.82, 2.24) is 0 Å². The molecule has 0 heterocycles. The molecule has 88 valence electrons. The Labute approximate surface area is 90.9 Å². The van der Waals surface area contributed by atoms with E-state index in [1.54, 1.807) is 6.92 Å². The van der Waals surface area contributed by atoms with Crippen molar-refractivity contribution in [3.8, 4) is 0 Å². The molecule has 0 amide bonds. The lowest BCUT2D eigenvalue weighted by molar-refractivity contribution is -0.154. The molecule has 0 aromatic rings. The lowest BCUT2D eigenvalue weighted by Crippen LogP contribution is -2.17. The molecule has 0 atom stereocenters. The van der Waals surface area contributed by atoms with Crippen LogP contribution in [0, 0.1) is 0 Å². The second-order valence-electron chi connectivity index (χ2n) is 3.23. The molecule has 0 radical (unpaired) electrons. The van der Waals surface area contributed by atoms with Gasteiger partial charge in [-0.25, -0.2) is 4.79 Å². The van der Waals surface area contributed by atoms with E-state index in [0.29, 0.717) is 13.0 Å². The van der Waals surface area contributed by atoms with Crippen molar-refractivity contribution in [3.05, 3.63) is 0 Å². The summed E-state index contributed by atoms with van der Waals surface area (Å²) in [5, 5.41) is 0. The summed E-state index contributed by atoms with van der Waals surface area (Å²) in [7, 11) is 0. The highest BCUT2D eigenvalue weighted by Gasteiger charge is 2.11. The van der Waals surface area contributed by atoms with Crippen molar-refractivity contribution in [2.75, 3.05) is 19.8 Å². The van der Waals surface area contributed by atoms with E-state index >= 15 is 0 Å². The summed E-state index contributed by atoms with van der Waals surface area (Å²) in [5.74, 6) is -1.20. The highest BCUT2D eigenvalue weighted by Crippen LogP contribution is 1.92. The summed E-state index contributed by atoms with van der Waals surface area (Å²) in [6.45, 7) is 5.32.